The first-order valence-corrected chi connectivity index (χ1v) is 6.17. The fourth-order valence-electron chi connectivity index (χ4n) is 2.39. The van der Waals surface area contributed by atoms with Crippen molar-refractivity contribution < 1.29 is 0 Å². The fourth-order valence-corrected chi connectivity index (χ4v) is 2.39. The Balaban J connectivity index is 2.26. The summed E-state index contributed by atoms with van der Waals surface area (Å²) in [4.78, 5) is 6.78. The summed E-state index contributed by atoms with van der Waals surface area (Å²) in [5.41, 5.74) is 6.04. The molecular formula is C13H20N4. The highest BCUT2D eigenvalue weighted by Gasteiger charge is 2.25. The molecule has 92 valence electrons. The van der Waals surface area contributed by atoms with Crippen LogP contribution in [0.5, 0.6) is 0 Å². The first kappa shape index (κ1) is 11.9. The third kappa shape index (κ3) is 2.40. The van der Waals surface area contributed by atoms with Gasteiger partial charge in [0.25, 0.3) is 0 Å². The van der Waals surface area contributed by atoms with Crippen LogP contribution in [-0.4, -0.2) is 23.4 Å². The molecule has 2 rings (SSSR count). The summed E-state index contributed by atoms with van der Waals surface area (Å²) >= 11 is 0. The van der Waals surface area contributed by atoms with E-state index in [0.717, 1.165) is 12.4 Å². The molecule has 0 radical (unpaired) electrons. The van der Waals surface area contributed by atoms with E-state index in [-0.39, 0.29) is 5.84 Å². The van der Waals surface area contributed by atoms with E-state index >= 15 is 0 Å². The number of hydrogen-bond donors (Lipinski definition) is 2. The maximum atomic E-state index is 7.43. The lowest BCUT2D eigenvalue weighted by Crippen LogP contribution is -2.43. The molecule has 1 aliphatic rings. The molecule has 2 heterocycles. The Morgan fingerprint density at radius 2 is 2.24 bits per heavy atom. The van der Waals surface area contributed by atoms with Gasteiger partial charge in [0, 0.05) is 12.6 Å². The molecule has 2 unspecified atom stereocenters. The fraction of sp³-hybridized carbons (Fsp3) is 0.538. The molecule has 0 spiro atoms. The van der Waals surface area contributed by atoms with Crippen molar-refractivity contribution in [3.05, 3.63) is 23.9 Å². The second-order valence-electron chi connectivity index (χ2n) is 4.85. The van der Waals surface area contributed by atoms with Crippen LogP contribution in [0.2, 0.25) is 0 Å². The van der Waals surface area contributed by atoms with Crippen molar-refractivity contribution in [2.75, 3.05) is 11.4 Å². The number of aromatic nitrogens is 1. The quantitative estimate of drug-likeness (QED) is 0.605. The van der Waals surface area contributed by atoms with Crippen molar-refractivity contribution in [3.63, 3.8) is 0 Å². The lowest BCUT2D eigenvalue weighted by molar-refractivity contribution is 0.361. The maximum absolute atomic E-state index is 7.43. The van der Waals surface area contributed by atoms with Crippen LogP contribution in [0.15, 0.2) is 18.2 Å². The molecule has 0 saturated carbocycles. The zero-order valence-electron chi connectivity index (χ0n) is 10.5. The Morgan fingerprint density at radius 1 is 1.47 bits per heavy atom. The first-order valence-electron chi connectivity index (χ1n) is 6.17. The van der Waals surface area contributed by atoms with Gasteiger partial charge in [0.1, 0.15) is 17.3 Å². The van der Waals surface area contributed by atoms with Gasteiger partial charge in [-0.1, -0.05) is 13.0 Å². The molecule has 17 heavy (non-hydrogen) atoms. The molecule has 1 aromatic rings. The smallest absolute Gasteiger partial charge is 0.141 e. The van der Waals surface area contributed by atoms with Gasteiger partial charge in [0.2, 0.25) is 0 Å². The van der Waals surface area contributed by atoms with E-state index in [2.05, 4.69) is 23.7 Å². The highest BCUT2D eigenvalue weighted by molar-refractivity contribution is 5.93. The molecule has 1 saturated heterocycles. The van der Waals surface area contributed by atoms with Crippen LogP contribution < -0.4 is 10.6 Å². The molecule has 0 bridgehead atoms. The van der Waals surface area contributed by atoms with Gasteiger partial charge in [-0.25, -0.2) is 4.98 Å². The molecular weight excluding hydrogens is 212 g/mol. The van der Waals surface area contributed by atoms with E-state index < -0.39 is 0 Å². The SMILES string of the molecule is CC1CCCN(c2cccc(C(=N)N)n2)C1C. The van der Waals surface area contributed by atoms with Gasteiger partial charge < -0.3 is 10.6 Å². The lowest BCUT2D eigenvalue weighted by atomic mass is 9.92. The predicted molar refractivity (Wildman–Crippen MR) is 70.5 cm³/mol. The van der Waals surface area contributed by atoms with Gasteiger partial charge in [-0.05, 0) is 37.8 Å². The number of amidine groups is 1. The van der Waals surface area contributed by atoms with Crippen molar-refractivity contribution in [1.82, 2.24) is 4.98 Å². The number of nitrogens with two attached hydrogens (primary N) is 1. The van der Waals surface area contributed by atoms with Crippen LogP contribution in [0.1, 0.15) is 32.4 Å². The third-order valence-corrected chi connectivity index (χ3v) is 3.68. The monoisotopic (exact) mass is 232 g/mol. The minimum atomic E-state index is 0.0320. The van der Waals surface area contributed by atoms with Gasteiger partial charge >= 0.3 is 0 Å². The highest BCUT2D eigenvalue weighted by atomic mass is 15.2. The van der Waals surface area contributed by atoms with Crippen molar-refractivity contribution in [2.45, 2.75) is 32.7 Å². The molecule has 4 heteroatoms. The van der Waals surface area contributed by atoms with E-state index in [9.17, 15) is 0 Å². The Labute approximate surface area is 102 Å². The van der Waals surface area contributed by atoms with Gasteiger partial charge in [-0.15, -0.1) is 0 Å². The Bertz CT molecular complexity index is 416. The molecule has 1 aromatic heterocycles. The topological polar surface area (TPSA) is 66.0 Å². The molecule has 4 nitrogen and oxygen atoms in total. The van der Waals surface area contributed by atoms with E-state index in [1.807, 2.05) is 12.1 Å². The summed E-state index contributed by atoms with van der Waals surface area (Å²) in [6, 6.07) is 6.20. The molecule has 0 amide bonds. The first-order chi connectivity index (χ1) is 8.09. The Morgan fingerprint density at radius 3 is 2.94 bits per heavy atom. The van der Waals surface area contributed by atoms with Gasteiger partial charge in [-0.2, -0.15) is 0 Å². The number of rotatable bonds is 2. The largest absolute Gasteiger partial charge is 0.382 e. The van der Waals surface area contributed by atoms with E-state index in [0.29, 0.717) is 17.7 Å². The van der Waals surface area contributed by atoms with Crippen LogP contribution >= 0.6 is 0 Å². The Hall–Kier alpha value is -1.58. The highest BCUT2D eigenvalue weighted by Crippen LogP contribution is 2.27. The number of nitrogens with zero attached hydrogens (tertiary/aromatic N) is 2. The summed E-state index contributed by atoms with van der Waals surface area (Å²) < 4.78 is 0. The van der Waals surface area contributed by atoms with Crippen LogP contribution in [0.4, 0.5) is 5.82 Å². The minimum Gasteiger partial charge on any atom is -0.382 e. The maximum Gasteiger partial charge on any atom is 0.141 e. The lowest BCUT2D eigenvalue weighted by Gasteiger charge is -2.38. The summed E-state index contributed by atoms with van der Waals surface area (Å²) in [6.07, 6.45) is 2.49. The van der Waals surface area contributed by atoms with E-state index in [4.69, 9.17) is 11.1 Å². The van der Waals surface area contributed by atoms with Gasteiger partial charge in [0.05, 0.1) is 0 Å². The normalized spacial score (nSPS) is 24.7. The minimum absolute atomic E-state index is 0.0320. The second-order valence-corrected chi connectivity index (χ2v) is 4.85. The van der Waals surface area contributed by atoms with Gasteiger partial charge in [0.15, 0.2) is 0 Å². The number of nitrogens with one attached hydrogen (secondary N) is 1. The van der Waals surface area contributed by atoms with Crippen LogP contribution in [0.25, 0.3) is 0 Å². The molecule has 0 aliphatic carbocycles. The summed E-state index contributed by atoms with van der Waals surface area (Å²) in [5, 5.41) is 7.43. The van der Waals surface area contributed by atoms with Crippen molar-refractivity contribution in [2.24, 2.45) is 11.7 Å². The van der Waals surface area contributed by atoms with Crippen LogP contribution in [0, 0.1) is 11.3 Å². The number of hydrogen-bond acceptors (Lipinski definition) is 3. The molecule has 1 fully saturated rings. The summed E-state index contributed by atoms with van der Waals surface area (Å²) in [6.45, 7) is 5.57. The molecule has 0 aromatic carbocycles. The van der Waals surface area contributed by atoms with Crippen molar-refractivity contribution >= 4 is 11.7 Å². The number of piperidine rings is 1. The summed E-state index contributed by atoms with van der Waals surface area (Å²) in [5.74, 6) is 1.66. The number of nitrogen functional groups attached to an aromatic ring is 1. The zero-order valence-corrected chi connectivity index (χ0v) is 10.5. The Kier molecular flexibility index (Phi) is 3.31. The van der Waals surface area contributed by atoms with Crippen molar-refractivity contribution in [1.29, 1.82) is 5.41 Å². The second kappa shape index (κ2) is 4.73. The van der Waals surface area contributed by atoms with E-state index in [1.54, 1.807) is 6.07 Å². The van der Waals surface area contributed by atoms with Crippen LogP contribution in [-0.2, 0) is 0 Å². The summed E-state index contributed by atoms with van der Waals surface area (Å²) in [7, 11) is 0. The standard InChI is InChI=1S/C13H20N4/c1-9-5-4-8-17(10(9)2)12-7-3-6-11(16-12)13(14)15/h3,6-7,9-10H,4-5,8H2,1-2H3,(H3,14,15). The number of pyridine rings is 1. The van der Waals surface area contributed by atoms with Crippen LogP contribution in [0.3, 0.4) is 0 Å². The van der Waals surface area contributed by atoms with Gasteiger partial charge in [-0.3, -0.25) is 5.41 Å². The van der Waals surface area contributed by atoms with E-state index in [1.165, 1.54) is 12.8 Å². The molecule has 1 aliphatic heterocycles. The average molecular weight is 232 g/mol. The predicted octanol–water partition coefficient (Wildman–Crippen LogP) is 1.99. The average Bonchev–Trinajstić information content (AvgIpc) is 2.33. The molecule has 2 atom stereocenters. The molecule has 3 N–H and O–H groups in total. The zero-order chi connectivity index (χ0) is 12.4. The number of anilines is 1. The van der Waals surface area contributed by atoms with Crippen molar-refractivity contribution in [3.8, 4) is 0 Å². The third-order valence-electron chi connectivity index (χ3n) is 3.68.